The van der Waals surface area contributed by atoms with Crippen molar-refractivity contribution in [2.24, 2.45) is 0 Å². The smallest absolute Gasteiger partial charge is 0.241 e. The Bertz CT molecular complexity index is 1090. The van der Waals surface area contributed by atoms with Gasteiger partial charge in [-0.15, -0.1) is 0 Å². The van der Waals surface area contributed by atoms with Gasteiger partial charge in [0.1, 0.15) is 0 Å². The predicted octanol–water partition coefficient (Wildman–Crippen LogP) is 3.67. The van der Waals surface area contributed by atoms with Gasteiger partial charge >= 0.3 is 0 Å². The van der Waals surface area contributed by atoms with Crippen molar-refractivity contribution in [3.63, 3.8) is 0 Å². The number of sulfonamides is 1. The second-order valence-corrected chi connectivity index (χ2v) is 8.47. The van der Waals surface area contributed by atoms with Gasteiger partial charge in [-0.3, -0.25) is 4.79 Å². The lowest BCUT2D eigenvalue weighted by atomic mass is 9.90. The molecule has 2 atom stereocenters. The Morgan fingerprint density at radius 3 is 2.15 bits per heavy atom. The van der Waals surface area contributed by atoms with Gasteiger partial charge in [0.2, 0.25) is 10.0 Å². The Labute approximate surface area is 158 Å². The first kappa shape index (κ1) is 17.6. The van der Waals surface area contributed by atoms with E-state index in [0.717, 1.165) is 16.7 Å². The van der Waals surface area contributed by atoms with Crippen molar-refractivity contribution in [1.29, 1.82) is 0 Å². The van der Waals surface area contributed by atoms with Crippen LogP contribution < -0.4 is 4.72 Å². The number of carbonyl (C=O) groups is 1. The summed E-state index contributed by atoms with van der Waals surface area (Å²) in [4.78, 5) is 13.2. The van der Waals surface area contributed by atoms with Crippen LogP contribution in [0, 0.1) is 6.92 Å². The zero-order valence-electron chi connectivity index (χ0n) is 14.8. The van der Waals surface area contributed by atoms with Crippen molar-refractivity contribution in [3.8, 4) is 0 Å². The number of hydrogen-bond donors (Lipinski definition) is 1. The second-order valence-electron chi connectivity index (χ2n) is 6.75. The molecule has 0 saturated heterocycles. The van der Waals surface area contributed by atoms with Gasteiger partial charge in [-0.1, -0.05) is 72.3 Å². The minimum Gasteiger partial charge on any atom is -0.292 e. The summed E-state index contributed by atoms with van der Waals surface area (Å²) in [6.07, 6.45) is 0. The van der Waals surface area contributed by atoms with Crippen LogP contribution in [-0.4, -0.2) is 20.2 Å². The van der Waals surface area contributed by atoms with Crippen LogP contribution in [0.15, 0.2) is 83.8 Å². The van der Waals surface area contributed by atoms with Crippen LogP contribution in [0.2, 0.25) is 0 Å². The number of fused-ring (bicyclic) bond motifs is 1. The lowest BCUT2D eigenvalue weighted by Gasteiger charge is -2.21. The van der Waals surface area contributed by atoms with E-state index < -0.39 is 16.1 Å². The number of benzene rings is 3. The molecule has 1 aliphatic rings. The van der Waals surface area contributed by atoms with E-state index in [2.05, 4.69) is 4.72 Å². The van der Waals surface area contributed by atoms with Crippen molar-refractivity contribution < 1.29 is 13.2 Å². The third kappa shape index (κ3) is 3.20. The first-order chi connectivity index (χ1) is 13.0. The van der Waals surface area contributed by atoms with E-state index >= 15 is 0 Å². The zero-order valence-corrected chi connectivity index (χ0v) is 15.6. The molecule has 0 radical (unpaired) electrons. The van der Waals surface area contributed by atoms with Gasteiger partial charge < -0.3 is 0 Å². The Kier molecular flexibility index (Phi) is 4.42. The van der Waals surface area contributed by atoms with E-state index in [1.807, 2.05) is 49.4 Å². The molecule has 0 unspecified atom stereocenters. The standard InChI is InChI=1S/C22H19NO3S/c1-15-11-13-17(14-12-15)27(25,26)23-21-20(16-7-3-2-4-8-16)18-9-5-6-10-19(18)22(21)24/h2-14,20-21,23H,1H3/t20-,21+/m1/s1. The minimum absolute atomic E-state index is 0.156. The topological polar surface area (TPSA) is 63.2 Å². The quantitative estimate of drug-likeness (QED) is 0.755. The van der Waals surface area contributed by atoms with Crippen LogP contribution in [0.3, 0.4) is 0 Å². The Morgan fingerprint density at radius 2 is 1.44 bits per heavy atom. The summed E-state index contributed by atoms with van der Waals surface area (Å²) in [6.45, 7) is 1.90. The third-order valence-electron chi connectivity index (χ3n) is 4.95. The summed E-state index contributed by atoms with van der Waals surface area (Å²) in [5.74, 6) is -0.551. The van der Waals surface area contributed by atoms with Crippen LogP contribution in [0.25, 0.3) is 0 Å². The number of rotatable bonds is 4. The maximum atomic E-state index is 13.0. The first-order valence-electron chi connectivity index (χ1n) is 8.74. The van der Waals surface area contributed by atoms with Gasteiger partial charge in [-0.25, -0.2) is 8.42 Å². The normalized spacial score (nSPS) is 19.1. The molecule has 0 heterocycles. The molecule has 1 N–H and O–H groups in total. The summed E-state index contributed by atoms with van der Waals surface area (Å²) in [7, 11) is -3.82. The monoisotopic (exact) mass is 377 g/mol. The largest absolute Gasteiger partial charge is 0.292 e. The number of ketones is 1. The molecule has 1 aliphatic carbocycles. The van der Waals surface area contributed by atoms with E-state index in [4.69, 9.17) is 0 Å². The van der Waals surface area contributed by atoms with Crippen molar-refractivity contribution in [1.82, 2.24) is 4.72 Å². The molecule has 136 valence electrons. The van der Waals surface area contributed by atoms with E-state index in [1.54, 1.807) is 36.4 Å². The van der Waals surface area contributed by atoms with Crippen LogP contribution in [-0.2, 0) is 10.0 Å². The van der Waals surface area contributed by atoms with Crippen molar-refractivity contribution in [2.75, 3.05) is 0 Å². The number of carbonyl (C=O) groups excluding carboxylic acids is 1. The first-order valence-corrected chi connectivity index (χ1v) is 10.2. The van der Waals surface area contributed by atoms with Gasteiger partial charge in [0.05, 0.1) is 10.9 Å². The lowest BCUT2D eigenvalue weighted by molar-refractivity contribution is 0.0962. The third-order valence-corrected chi connectivity index (χ3v) is 6.41. The predicted molar refractivity (Wildman–Crippen MR) is 104 cm³/mol. The number of hydrogen-bond acceptors (Lipinski definition) is 3. The average molecular weight is 377 g/mol. The van der Waals surface area contributed by atoms with Crippen LogP contribution in [0.5, 0.6) is 0 Å². The van der Waals surface area contributed by atoms with E-state index in [0.29, 0.717) is 5.56 Å². The summed E-state index contributed by atoms with van der Waals surface area (Å²) in [6, 6.07) is 22.6. The molecule has 0 aliphatic heterocycles. The molecule has 0 aromatic heterocycles. The highest BCUT2D eigenvalue weighted by atomic mass is 32.2. The molecule has 0 spiro atoms. The molecule has 0 saturated carbocycles. The molecule has 0 fully saturated rings. The molecule has 27 heavy (non-hydrogen) atoms. The van der Waals surface area contributed by atoms with Gasteiger partial charge in [-0.05, 0) is 30.2 Å². The van der Waals surface area contributed by atoms with E-state index in [-0.39, 0.29) is 16.6 Å². The second kappa shape index (κ2) is 6.76. The molecule has 3 aromatic carbocycles. The van der Waals surface area contributed by atoms with E-state index in [1.165, 1.54) is 0 Å². The fourth-order valence-electron chi connectivity index (χ4n) is 3.60. The molecular formula is C22H19NO3S. The van der Waals surface area contributed by atoms with Gasteiger partial charge in [-0.2, -0.15) is 4.72 Å². The van der Waals surface area contributed by atoms with Crippen molar-refractivity contribution >= 4 is 15.8 Å². The van der Waals surface area contributed by atoms with Crippen molar-refractivity contribution in [3.05, 3.63) is 101 Å². The maximum Gasteiger partial charge on any atom is 0.241 e. The number of Topliss-reactive ketones (excluding diaryl/α,β-unsaturated/α-hetero) is 1. The summed E-state index contributed by atoms with van der Waals surface area (Å²) in [5, 5.41) is 0. The summed E-state index contributed by atoms with van der Waals surface area (Å²) >= 11 is 0. The molecule has 0 bridgehead atoms. The Balaban J connectivity index is 1.77. The molecule has 4 nitrogen and oxygen atoms in total. The highest BCUT2D eigenvalue weighted by Gasteiger charge is 2.42. The number of nitrogens with one attached hydrogen (secondary N) is 1. The lowest BCUT2D eigenvalue weighted by Crippen LogP contribution is -2.41. The fourth-order valence-corrected chi connectivity index (χ4v) is 4.81. The molecule has 3 aromatic rings. The fraction of sp³-hybridized carbons (Fsp3) is 0.136. The van der Waals surface area contributed by atoms with Gasteiger partial charge in [0.15, 0.2) is 5.78 Å². The Hall–Kier alpha value is -2.76. The highest BCUT2D eigenvalue weighted by molar-refractivity contribution is 7.89. The van der Waals surface area contributed by atoms with Crippen molar-refractivity contribution in [2.45, 2.75) is 23.8 Å². The summed E-state index contributed by atoms with van der Waals surface area (Å²) < 4.78 is 28.5. The van der Waals surface area contributed by atoms with Gasteiger partial charge in [0.25, 0.3) is 0 Å². The van der Waals surface area contributed by atoms with Crippen LogP contribution >= 0.6 is 0 Å². The van der Waals surface area contributed by atoms with E-state index in [9.17, 15) is 13.2 Å². The van der Waals surface area contributed by atoms with Crippen LogP contribution in [0.4, 0.5) is 0 Å². The van der Waals surface area contributed by atoms with Gasteiger partial charge in [0, 0.05) is 11.5 Å². The highest BCUT2D eigenvalue weighted by Crippen LogP contribution is 2.38. The SMILES string of the molecule is Cc1ccc(S(=O)(=O)N[C@@H]2C(=O)c3ccccc3[C@H]2c2ccccc2)cc1. The maximum absolute atomic E-state index is 13.0. The molecule has 4 rings (SSSR count). The molecule has 0 amide bonds. The molecular weight excluding hydrogens is 358 g/mol. The summed E-state index contributed by atoms with van der Waals surface area (Å²) in [5.41, 5.74) is 3.31. The average Bonchev–Trinajstić information content (AvgIpc) is 2.95. The molecule has 5 heteroatoms. The minimum atomic E-state index is -3.82. The Morgan fingerprint density at radius 1 is 0.815 bits per heavy atom. The van der Waals surface area contributed by atoms with Crippen LogP contribution in [0.1, 0.15) is 33.0 Å². The number of aryl methyl sites for hydroxylation is 1. The zero-order chi connectivity index (χ0) is 19.0.